The molecule has 0 bridgehead atoms. The summed E-state index contributed by atoms with van der Waals surface area (Å²) in [5, 5.41) is 16.0. The largest absolute Gasteiger partial charge is 0.493 e. The molecule has 2 aliphatic carbocycles. The average Bonchev–Trinajstić information content (AvgIpc) is 4.09. The van der Waals surface area contributed by atoms with Gasteiger partial charge >= 0.3 is 12.4 Å². The molecule has 4 aromatic rings. The number of nitrogens with one attached hydrogen (secondary N) is 1. The van der Waals surface area contributed by atoms with Crippen molar-refractivity contribution < 1.29 is 45.7 Å². The molecule has 4 aromatic carbocycles. The zero-order valence-electron chi connectivity index (χ0n) is 35.9. The van der Waals surface area contributed by atoms with Crippen LogP contribution in [0.25, 0.3) is 0 Å². The van der Waals surface area contributed by atoms with Crippen molar-refractivity contribution in [1.29, 1.82) is 0 Å². The summed E-state index contributed by atoms with van der Waals surface area (Å²) in [4.78, 5) is 2.30. The molecule has 2 saturated carbocycles. The fourth-order valence-corrected chi connectivity index (χ4v) is 9.76. The molecule has 0 unspecified atom stereocenters. The van der Waals surface area contributed by atoms with Gasteiger partial charge in [-0.1, -0.05) is 75.2 Å². The molecule has 14 heteroatoms. The topological polar surface area (TPSA) is 66.5 Å². The first kappa shape index (κ1) is 53.4. The van der Waals surface area contributed by atoms with Gasteiger partial charge in [0, 0.05) is 52.3 Å². The van der Waals surface area contributed by atoms with Crippen LogP contribution in [0.2, 0.25) is 10.0 Å². The Labute approximate surface area is 397 Å². The Balaban J connectivity index is 0.000000202. The minimum atomic E-state index is -4.34. The molecule has 9 rings (SSSR count). The summed E-state index contributed by atoms with van der Waals surface area (Å²) in [6.45, 7) is 6.27. The highest BCUT2D eigenvalue weighted by Gasteiger charge is 2.52. The van der Waals surface area contributed by atoms with Gasteiger partial charge in [-0.15, -0.1) is 0 Å². The summed E-state index contributed by atoms with van der Waals surface area (Å²) in [7, 11) is 0. The number of epoxide rings is 1. The number of nitrogens with zero attached hydrogens (tertiary/aromatic N) is 1. The van der Waals surface area contributed by atoms with Gasteiger partial charge in [0.25, 0.3) is 0 Å². The maximum Gasteiger partial charge on any atom is 0.416 e. The van der Waals surface area contributed by atoms with Crippen LogP contribution in [0.1, 0.15) is 101 Å². The van der Waals surface area contributed by atoms with Gasteiger partial charge in [-0.3, -0.25) is 0 Å². The predicted molar refractivity (Wildman–Crippen MR) is 252 cm³/mol. The number of halogens is 8. The summed E-state index contributed by atoms with van der Waals surface area (Å²) in [6, 6.07) is 25.8. The zero-order chi connectivity index (χ0) is 45.4. The number of ether oxygens (including phenoxy) is 3. The highest BCUT2D eigenvalue weighted by molar-refractivity contribution is 6.30. The number of β-amino-alcohol motifs (C(OH)–C–C–N with tert-alkyl or cyclic N) is 1. The van der Waals surface area contributed by atoms with Crippen molar-refractivity contribution in [3.63, 3.8) is 0 Å². The van der Waals surface area contributed by atoms with E-state index in [0.29, 0.717) is 53.7 Å². The predicted octanol–water partition coefficient (Wildman–Crippen LogP) is 13.4. The van der Waals surface area contributed by atoms with Gasteiger partial charge in [0.1, 0.15) is 11.5 Å². The summed E-state index contributed by atoms with van der Waals surface area (Å²) in [6.07, 6.45) is 2.62. The number of benzene rings is 4. The number of hydrogen-bond donors (Lipinski definition) is 2. The first-order valence-electron chi connectivity index (χ1n) is 22.5. The summed E-state index contributed by atoms with van der Waals surface area (Å²) >= 11 is 11.9. The normalized spacial score (nSPS) is 22.4. The number of aliphatic hydroxyl groups is 1. The molecule has 5 fully saturated rings. The van der Waals surface area contributed by atoms with Gasteiger partial charge < -0.3 is 29.5 Å². The minimum absolute atomic E-state index is 0. The van der Waals surface area contributed by atoms with Gasteiger partial charge in [-0.25, -0.2) is 0 Å². The lowest BCUT2D eigenvalue weighted by Crippen LogP contribution is -2.52. The van der Waals surface area contributed by atoms with Crippen LogP contribution in [0, 0.1) is 11.8 Å². The quantitative estimate of drug-likeness (QED) is 0.109. The maximum absolute atomic E-state index is 12.7. The third-order valence-electron chi connectivity index (χ3n) is 13.7. The SMILES string of the molecule is C.C.Clc1ccc(C2([C@H]3CO3)CCC2)cc1.FC(F)(F)c1ccc(OC[C@@H]2CCCNC2)cc1.O[C@H](CN1CCC[C@@H](COc2ccc(C(F)(F)F)cc2)C1)C1(c2ccc(Cl)cc2)CCC1. The molecule has 0 amide bonds. The van der Waals surface area contributed by atoms with E-state index < -0.39 is 29.6 Å². The molecule has 5 aliphatic rings. The molecule has 66 heavy (non-hydrogen) atoms. The van der Waals surface area contributed by atoms with Gasteiger partial charge in [-0.05, 0) is 148 Å². The number of aliphatic hydroxyl groups excluding tert-OH is 1. The Kier molecular flexibility index (Phi) is 19.2. The van der Waals surface area contributed by atoms with Crippen LogP contribution < -0.4 is 14.8 Å². The van der Waals surface area contributed by atoms with E-state index in [0.717, 1.165) is 113 Å². The number of piperidine rings is 2. The van der Waals surface area contributed by atoms with Crippen LogP contribution in [0.5, 0.6) is 11.5 Å². The summed E-state index contributed by atoms with van der Waals surface area (Å²) in [5.74, 6) is 1.67. The molecule has 2 N–H and O–H groups in total. The highest BCUT2D eigenvalue weighted by atomic mass is 35.5. The van der Waals surface area contributed by atoms with E-state index in [-0.39, 0.29) is 26.2 Å². The van der Waals surface area contributed by atoms with E-state index in [1.165, 1.54) is 49.1 Å². The van der Waals surface area contributed by atoms with Gasteiger partial charge in [0.2, 0.25) is 0 Å². The third kappa shape index (κ3) is 14.0. The molecule has 3 aliphatic heterocycles. The van der Waals surface area contributed by atoms with Crippen molar-refractivity contribution in [3.05, 3.63) is 129 Å². The van der Waals surface area contributed by atoms with E-state index in [4.69, 9.17) is 37.4 Å². The number of likely N-dealkylation sites (tertiary alicyclic amines) is 1. The lowest BCUT2D eigenvalue weighted by molar-refractivity contribution is -0.138. The van der Waals surface area contributed by atoms with Crippen LogP contribution >= 0.6 is 23.2 Å². The van der Waals surface area contributed by atoms with Crippen molar-refractivity contribution in [3.8, 4) is 11.5 Å². The Morgan fingerprint density at radius 3 is 1.58 bits per heavy atom. The molecule has 364 valence electrons. The van der Waals surface area contributed by atoms with Crippen molar-refractivity contribution in [2.75, 3.05) is 52.5 Å². The van der Waals surface area contributed by atoms with Crippen LogP contribution in [0.15, 0.2) is 97.1 Å². The van der Waals surface area contributed by atoms with Crippen molar-refractivity contribution in [2.24, 2.45) is 11.8 Å². The van der Waals surface area contributed by atoms with Gasteiger partial charge in [0.05, 0.1) is 43.2 Å². The number of rotatable bonds is 12. The first-order chi connectivity index (χ1) is 30.6. The van der Waals surface area contributed by atoms with Crippen molar-refractivity contribution >= 4 is 23.2 Å². The van der Waals surface area contributed by atoms with E-state index in [9.17, 15) is 31.4 Å². The zero-order valence-corrected chi connectivity index (χ0v) is 37.4. The van der Waals surface area contributed by atoms with E-state index in [1.54, 1.807) is 0 Å². The molecule has 0 radical (unpaired) electrons. The van der Waals surface area contributed by atoms with Crippen molar-refractivity contribution in [1.82, 2.24) is 10.2 Å². The molecule has 3 heterocycles. The Hall–Kier alpha value is -3.52. The first-order valence-corrected chi connectivity index (χ1v) is 23.2. The molecule has 6 nitrogen and oxygen atoms in total. The van der Waals surface area contributed by atoms with Crippen LogP contribution in [0.4, 0.5) is 26.3 Å². The Bertz CT molecular complexity index is 2030. The summed E-state index contributed by atoms with van der Waals surface area (Å²) < 4.78 is 91.9. The molecular weight excluding hydrogens is 901 g/mol. The van der Waals surface area contributed by atoms with E-state index >= 15 is 0 Å². The molecule has 3 saturated heterocycles. The lowest BCUT2D eigenvalue weighted by atomic mass is 9.61. The second-order valence-electron chi connectivity index (χ2n) is 18.0. The molecule has 0 aromatic heterocycles. The Morgan fingerprint density at radius 2 is 1.15 bits per heavy atom. The number of hydrogen-bond acceptors (Lipinski definition) is 6. The Morgan fingerprint density at radius 1 is 0.667 bits per heavy atom. The fourth-order valence-electron chi connectivity index (χ4n) is 9.50. The second-order valence-corrected chi connectivity index (χ2v) is 18.9. The smallest absolute Gasteiger partial charge is 0.416 e. The van der Waals surface area contributed by atoms with Gasteiger partial charge in [0.15, 0.2) is 0 Å². The van der Waals surface area contributed by atoms with E-state index in [1.807, 2.05) is 36.4 Å². The summed E-state index contributed by atoms with van der Waals surface area (Å²) in [5.41, 5.74) is 1.39. The molecule has 0 spiro atoms. The van der Waals surface area contributed by atoms with E-state index in [2.05, 4.69) is 22.3 Å². The maximum atomic E-state index is 12.7. The standard InChI is InChI=1S/C25H29ClF3NO2.C13H16F3NO.C12H13ClO.2CH4/c26-21-8-4-19(5-9-21)24(12-2-13-24)23(31)16-30-14-1-3-18(15-30)17-32-22-10-6-20(7-11-22)25(27,28)29;14-13(15,16)11-3-5-12(6-4-11)18-9-10-2-1-7-17-8-10;13-10-4-2-9(3-5-10)12(6-1-7-12)11-8-14-11;;/h4-11,18,23,31H,1-3,12-17H2;3-6,10,17H,1-2,7-9H2;2-5,11H,1,6-8H2;2*1H4/t18-,23-;10-;11-;;/m111../s1. The lowest BCUT2D eigenvalue weighted by Gasteiger charge is -2.48. The molecular formula is C52H66Cl2F6N2O4. The van der Waals surface area contributed by atoms with Crippen molar-refractivity contribution in [2.45, 2.75) is 114 Å². The monoisotopic (exact) mass is 966 g/mol. The van der Waals surface area contributed by atoms with Crippen LogP contribution in [0.3, 0.4) is 0 Å². The second kappa shape index (κ2) is 23.7. The molecule has 4 atom stereocenters. The number of alkyl halides is 6. The fraction of sp³-hybridized carbons (Fsp3) is 0.538. The van der Waals surface area contributed by atoms with Gasteiger partial charge in [-0.2, -0.15) is 26.3 Å². The van der Waals surface area contributed by atoms with Crippen LogP contribution in [-0.4, -0.2) is 74.8 Å². The average molecular weight is 968 g/mol. The van der Waals surface area contributed by atoms with Crippen LogP contribution in [-0.2, 0) is 27.9 Å². The minimum Gasteiger partial charge on any atom is -0.493 e. The highest BCUT2D eigenvalue weighted by Crippen LogP contribution is 2.51. The third-order valence-corrected chi connectivity index (χ3v) is 14.2.